The van der Waals surface area contributed by atoms with Crippen LogP contribution >= 0.6 is 0 Å². The minimum absolute atomic E-state index is 0.199. The van der Waals surface area contributed by atoms with Gasteiger partial charge in [-0.2, -0.15) is 4.99 Å². The van der Waals surface area contributed by atoms with Gasteiger partial charge in [-0.25, -0.2) is 9.59 Å². The van der Waals surface area contributed by atoms with Crippen LogP contribution in [0.4, 0.5) is 4.79 Å². The highest BCUT2D eigenvalue weighted by molar-refractivity contribution is 5.77. The molecule has 0 aliphatic carbocycles. The molecule has 50 heavy (non-hydrogen) atoms. The molecule has 0 saturated heterocycles. The summed E-state index contributed by atoms with van der Waals surface area (Å²) in [7, 11) is 0. The molecule has 0 saturated carbocycles. The molecule has 0 radical (unpaired) electrons. The molecule has 15 nitrogen and oxygen atoms in total. The lowest BCUT2D eigenvalue weighted by Gasteiger charge is -2.19. The van der Waals surface area contributed by atoms with Crippen molar-refractivity contribution in [1.82, 2.24) is 30.2 Å². The number of aromatic amines is 1. The summed E-state index contributed by atoms with van der Waals surface area (Å²) in [4.78, 5) is 40.8. The zero-order valence-electron chi connectivity index (χ0n) is 31.0. The lowest BCUT2D eigenvalue weighted by molar-refractivity contribution is 0.0136. The van der Waals surface area contributed by atoms with Gasteiger partial charge in [-0.1, -0.05) is 32.8 Å². The van der Waals surface area contributed by atoms with E-state index >= 15 is 0 Å². The predicted octanol–water partition coefficient (Wildman–Crippen LogP) is 2.30. The Morgan fingerprint density at radius 2 is 1.58 bits per heavy atom. The van der Waals surface area contributed by atoms with Crippen LogP contribution in [0.2, 0.25) is 0 Å². The molecule has 282 valence electrons. The van der Waals surface area contributed by atoms with Gasteiger partial charge < -0.3 is 45.0 Å². The molecule has 15 heteroatoms. The van der Waals surface area contributed by atoms with Gasteiger partial charge in [0.2, 0.25) is 0 Å². The van der Waals surface area contributed by atoms with E-state index in [4.69, 9.17) is 29.4 Å². The second-order valence-electron chi connectivity index (χ2n) is 12.6. The molecule has 2 aromatic rings. The van der Waals surface area contributed by atoms with Gasteiger partial charge in [-0.3, -0.25) is 14.5 Å². The largest absolute Gasteiger partial charge is 0.481 e. The van der Waals surface area contributed by atoms with Gasteiger partial charge in [-0.05, 0) is 53.0 Å². The van der Waals surface area contributed by atoms with Crippen molar-refractivity contribution in [3.05, 3.63) is 45.0 Å². The molecule has 1 amide bonds. The summed E-state index contributed by atoms with van der Waals surface area (Å²) < 4.78 is 29.1. The Morgan fingerprint density at radius 1 is 0.940 bits per heavy atom. The van der Waals surface area contributed by atoms with Crippen LogP contribution in [0.3, 0.4) is 0 Å². The zero-order chi connectivity index (χ0) is 36.6. The molecular weight excluding hydrogens is 644 g/mol. The van der Waals surface area contributed by atoms with Crippen LogP contribution in [-0.2, 0) is 36.8 Å². The van der Waals surface area contributed by atoms with Crippen LogP contribution in [0.15, 0.2) is 22.2 Å². The first kappa shape index (κ1) is 42.4. The first-order valence-corrected chi connectivity index (χ1v) is 17.7. The number of unbranched alkanes of at least 4 members (excludes halogenated alkanes) is 2. The van der Waals surface area contributed by atoms with E-state index < -0.39 is 11.7 Å². The van der Waals surface area contributed by atoms with Gasteiger partial charge in [0.1, 0.15) is 11.0 Å². The maximum Gasteiger partial charge on any atom is 0.407 e. The van der Waals surface area contributed by atoms with Gasteiger partial charge in [0, 0.05) is 33.2 Å². The van der Waals surface area contributed by atoms with E-state index in [2.05, 4.69) is 44.4 Å². The quantitative estimate of drug-likeness (QED) is 0.0713. The van der Waals surface area contributed by atoms with E-state index in [1.807, 2.05) is 26.8 Å². The average Bonchev–Trinajstić information content (AvgIpc) is 3.37. The number of ether oxygens (including phenoxy) is 5. The first-order chi connectivity index (χ1) is 24.0. The Morgan fingerprint density at radius 3 is 2.20 bits per heavy atom. The number of hydrogen-bond acceptors (Lipinski definition) is 12. The number of imidazole rings is 1. The second kappa shape index (κ2) is 24.4. The fourth-order valence-corrected chi connectivity index (χ4v) is 4.40. The lowest BCUT2D eigenvalue weighted by atomic mass is 10.2. The molecule has 0 aliphatic rings. The summed E-state index contributed by atoms with van der Waals surface area (Å²) in [6.07, 6.45) is 10.2. The highest BCUT2D eigenvalue weighted by Crippen LogP contribution is 2.06. The highest BCUT2D eigenvalue weighted by atomic mass is 16.6. The summed E-state index contributed by atoms with van der Waals surface area (Å²) in [6.45, 7) is 17.2. The van der Waals surface area contributed by atoms with E-state index in [0.717, 1.165) is 44.3 Å². The molecule has 0 aliphatic heterocycles. The number of H-pyrrole nitrogens is 1. The van der Waals surface area contributed by atoms with Crippen LogP contribution < -0.4 is 32.8 Å². The molecule has 2 heterocycles. The van der Waals surface area contributed by atoms with Gasteiger partial charge in [0.15, 0.2) is 11.7 Å². The number of nitrogens with one attached hydrogen (secondary N) is 3. The topological polar surface area (TPSA) is 189 Å². The third-order valence-corrected chi connectivity index (χ3v) is 6.90. The number of aliphatic imine (C=N–C) groups is 1. The Kier molecular flexibility index (Phi) is 20.7. The van der Waals surface area contributed by atoms with Crippen molar-refractivity contribution >= 4 is 23.9 Å². The highest BCUT2D eigenvalue weighted by Gasteiger charge is 2.15. The van der Waals surface area contributed by atoms with E-state index in [-0.39, 0.29) is 18.1 Å². The molecule has 0 fully saturated rings. The summed E-state index contributed by atoms with van der Waals surface area (Å²) in [5.41, 5.74) is 6.96. The molecule has 2 rings (SSSR count). The molecular formula is C35H60N8O7. The van der Waals surface area contributed by atoms with Crippen LogP contribution in [0.1, 0.15) is 91.5 Å². The molecule has 0 atom stereocenters. The van der Waals surface area contributed by atoms with Crippen molar-refractivity contribution in [3.8, 4) is 0 Å². The number of rotatable bonds is 24. The Hall–Kier alpha value is -3.79. The van der Waals surface area contributed by atoms with Gasteiger partial charge >= 0.3 is 11.8 Å². The summed E-state index contributed by atoms with van der Waals surface area (Å²) in [5.74, 6) is 0.654. The van der Waals surface area contributed by atoms with E-state index in [0.29, 0.717) is 88.0 Å². The molecule has 2 aromatic heterocycles. The van der Waals surface area contributed by atoms with E-state index in [9.17, 15) is 9.59 Å². The summed E-state index contributed by atoms with van der Waals surface area (Å²) >= 11 is 0. The monoisotopic (exact) mass is 704 g/mol. The predicted molar refractivity (Wildman–Crippen MR) is 194 cm³/mol. The zero-order valence-corrected chi connectivity index (χ0v) is 31.0. The molecule has 0 unspecified atom stereocenters. The summed E-state index contributed by atoms with van der Waals surface area (Å²) in [6, 6.07) is 0. The van der Waals surface area contributed by atoms with E-state index in [1.165, 1.54) is 0 Å². The van der Waals surface area contributed by atoms with Crippen molar-refractivity contribution in [2.45, 2.75) is 98.8 Å². The number of aromatic nitrogens is 4. The summed E-state index contributed by atoms with van der Waals surface area (Å²) in [5, 5.41) is 7.19. The third kappa shape index (κ3) is 18.3. The Bertz CT molecular complexity index is 1450. The number of nitrogens with zero attached hydrogens (tertiary/aromatic N) is 4. The van der Waals surface area contributed by atoms with Crippen LogP contribution in [-0.4, -0.2) is 96.4 Å². The maximum atomic E-state index is 13.0. The van der Waals surface area contributed by atoms with Crippen molar-refractivity contribution < 1.29 is 28.5 Å². The van der Waals surface area contributed by atoms with Crippen molar-refractivity contribution in [2.75, 3.05) is 59.3 Å². The molecule has 0 spiro atoms. The van der Waals surface area contributed by atoms with Gasteiger partial charge in [0.05, 0.1) is 68.7 Å². The SMILES string of the molecule is CCC/C=c1/c(=C(/N)N=C(C)OCCCC)[nH]c(=O)n1Cc1cnc(CNCCCOCCOCCOCCCNC(=O)OC(C)(C)C)cn1. The number of hydrogen-bond donors (Lipinski definition) is 4. The Balaban J connectivity index is 1.65. The van der Waals surface area contributed by atoms with Crippen molar-refractivity contribution in [3.63, 3.8) is 0 Å². The van der Waals surface area contributed by atoms with Gasteiger partial charge in [-0.15, -0.1) is 0 Å². The lowest BCUT2D eigenvalue weighted by Crippen LogP contribution is -2.35. The number of nitrogens with two attached hydrogens (primary N) is 1. The fourth-order valence-electron chi connectivity index (χ4n) is 4.40. The Labute approximate surface area is 296 Å². The smallest absolute Gasteiger partial charge is 0.407 e. The molecule has 0 aromatic carbocycles. The minimum Gasteiger partial charge on any atom is -0.481 e. The van der Waals surface area contributed by atoms with Crippen molar-refractivity contribution in [2.24, 2.45) is 10.7 Å². The molecule has 0 bridgehead atoms. The van der Waals surface area contributed by atoms with Crippen molar-refractivity contribution in [1.29, 1.82) is 0 Å². The minimum atomic E-state index is -0.501. The molecule has 5 N–H and O–H groups in total. The van der Waals surface area contributed by atoms with Crippen LogP contribution in [0.25, 0.3) is 11.9 Å². The first-order valence-electron chi connectivity index (χ1n) is 17.7. The average molecular weight is 705 g/mol. The van der Waals surface area contributed by atoms with Gasteiger partial charge in [0.25, 0.3) is 0 Å². The van der Waals surface area contributed by atoms with Crippen LogP contribution in [0.5, 0.6) is 0 Å². The number of amides is 1. The van der Waals surface area contributed by atoms with Crippen LogP contribution in [0, 0.1) is 0 Å². The maximum absolute atomic E-state index is 13.0. The number of alkyl carbamates (subject to hydrolysis) is 1. The standard InChI is InChI=1S/C35H60N8O7/c1-7-9-13-30-31(32(36)41-27(3)49-18-10-8-2)42-33(44)43(30)26-29-25-39-28(24-40-29)23-37-14-11-16-46-19-21-48-22-20-47-17-12-15-38-34(45)50-35(4,5)6/h13,24-25,37H,7-12,14-23,26,36H2,1-6H3,(H,38,45)(H,42,44)/b30-13-,32-31+,41-27?. The van der Waals surface area contributed by atoms with E-state index in [1.54, 1.807) is 23.9 Å². The third-order valence-electron chi connectivity index (χ3n) is 6.90. The number of carbonyl (C=O) groups excluding carboxylic acids is 1. The normalized spacial score (nSPS) is 13.1. The second-order valence-corrected chi connectivity index (χ2v) is 12.6. The fraction of sp³-hybridized carbons (Fsp3) is 0.686. The number of carbonyl (C=O) groups is 1.